The molecule has 2 amide bonds. The largest absolute Gasteiger partial charge is 0.493 e. The molecule has 6 nitrogen and oxygen atoms in total. The van der Waals surface area contributed by atoms with Crippen molar-refractivity contribution in [1.29, 1.82) is 0 Å². The SMILES string of the molecule is COc1cc(/C=C2\C(=O)NC(=S)N(c3ccccc3F)C2=O)cc(Cl)c1OCc1ccccc1F. The lowest BCUT2D eigenvalue weighted by atomic mass is 10.1. The monoisotopic (exact) mass is 514 g/mol. The number of thiocarbonyl (C=S) groups is 1. The molecule has 178 valence electrons. The first-order chi connectivity index (χ1) is 16.8. The minimum absolute atomic E-state index is 0.0964. The molecule has 1 aliphatic heterocycles. The van der Waals surface area contributed by atoms with Crippen molar-refractivity contribution in [2.24, 2.45) is 0 Å². The van der Waals surface area contributed by atoms with Gasteiger partial charge >= 0.3 is 0 Å². The molecule has 0 saturated carbocycles. The molecule has 35 heavy (non-hydrogen) atoms. The number of para-hydroxylation sites is 1. The zero-order chi connectivity index (χ0) is 25.1. The summed E-state index contributed by atoms with van der Waals surface area (Å²) >= 11 is 11.5. The molecule has 0 bridgehead atoms. The van der Waals surface area contributed by atoms with Gasteiger partial charge in [0, 0.05) is 5.56 Å². The van der Waals surface area contributed by atoms with E-state index in [1.54, 1.807) is 24.3 Å². The van der Waals surface area contributed by atoms with Crippen molar-refractivity contribution in [2.75, 3.05) is 12.0 Å². The van der Waals surface area contributed by atoms with Crippen LogP contribution in [0.25, 0.3) is 6.08 Å². The van der Waals surface area contributed by atoms with Gasteiger partial charge in [0.2, 0.25) is 0 Å². The van der Waals surface area contributed by atoms with Crippen LogP contribution in [0, 0.1) is 11.6 Å². The van der Waals surface area contributed by atoms with Gasteiger partial charge in [-0.25, -0.2) is 13.7 Å². The molecule has 0 unspecified atom stereocenters. The van der Waals surface area contributed by atoms with Crippen molar-refractivity contribution in [3.05, 3.63) is 94.0 Å². The van der Waals surface area contributed by atoms with Gasteiger partial charge in [-0.3, -0.25) is 14.9 Å². The van der Waals surface area contributed by atoms with Gasteiger partial charge in [-0.05, 0) is 54.2 Å². The van der Waals surface area contributed by atoms with Crippen molar-refractivity contribution in [3.8, 4) is 11.5 Å². The van der Waals surface area contributed by atoms with Crippen molar-refractivity contribution in [1.82, 2.24) is 5.32 Å². The van der Waals surface area contributed by atoms with Gasteiger partial charge in [0.05, 0.1) is 17.8 Å². The number of hydrogen-bond acceptors (Lipinski definition) is 5. The average molecular weight is 515 g/mol. The van der Waals surface area contributed by atoms with Crippen molar-refractivity contribution < 1.29 is 27.8 Å². The standard InChI is InChI=1S/C25H17ClF2N2O4S/c1-33-21-12-14(11-17(26)22(21)34-13-15-6-2-3-7-18(15)27)10-16-23(31)29-25(35)30(24(16)32)20-9-5-4-8-19(20)28/h2-12H,13H2,1H3,(H,29,31,35)/b16-10+. The topological polar surface area (TPSA) is 67.9 Å². The first-order valence-electron chi connectivity index (χ1n) is 10.2. The Kier molecular flexibility index (Phi) is 7.09. The van der Waals surface area contributed by atoms with Gasteiger partial charge in [-0.15, -0.1) is 0 Å². The minimum Gasteiger partial charge on any atom is -0.493 e. The van der Waals surface area contributed by atoms with Crippen LogP contribution in [0.3, 0.4) is 0 Å². The number of hydrogen-bond donors (Lipinski definition) is 1. The molecule has 3 aromatic rings. The van der Waals surface area contributed by atoms with Gasteiger partial charge in [-0.2, -0.15) is 0 Å². The minimum atomic E-state index is -0.807. The van der Waals surface area contributed by atoms with Crippen LogP contribution in [0.5, 0.6) is 11.5 Å². The van der Waals surface area contributed by atoms with Crippen LogP contribution < -0.4 is 19.7 Å². The maximum atomic E-state index is 14.3. The lowest BCUT2D eigenvalue weighted by Gasteiger charge is -2.29. The third kappa shape index (κ3) is 5.01. The van der Waals surface area contributed by atoms with E-state index in [1.165, 1.54) is 49.6 Å². The molecular formula is C25H17ClF2N2O4S. The summed E-state index contributed by atoms with van der Waals surface area (Å²) in [5.74, 6) is -2.30. The molecule has 0 radical (unpaired) electrons. The van der Waals surface area contributed by atoms with Gasteiger partial charge in [0.15, 0.2) is 16.6 Å². The summed E-state index contributed by atoms with van der Waals surface area (Å²) in [6.07, 6.45) is 1.28. The lowest BCUT2D eigenvalue weighted by molar-refractivity contribution is -0.122. The summed E-state index contributed by atoms with van der Waals surface area (Å²) in [7, 11) is 1.38. The molecule has 0 aromatic heterocycles. The molecule has 3 aromatic carbocycles. The molecule has 0 atom stereocenters. The Morgan fingerprint density at radius 3 is 2.43 bits per heavy atom. The number of amides is 2. The number of rotatable bonds is 6. The summed E-state index contributed by atoms with van der Waals surface area (Å²) in [5, 5.41) is 2.26. The van der Waals surface area contributed by atoms with E-state index in [1.807, 2.05) is 0 Å². The van der Waals surface area contributed by atoms with E-state index in [0.29, 0.717) is 11.1 Å². The quantitative estimate of drug-likeness (QED) is 0.284. The fourth-order valence-electron chi connectivity index (χ4n) is 3.40. The van der Waals surface area contributed by atoms with E-state index in [0.717, 1.165) is 4.90 Å². The van der Waals surface area contributed by atoms with Crippen molar-refractivity contribution >= 4 is 52.5 Å². The summed E-state index contributed by atoms with van der Waals surface area (Å²) < 4.78 is 39.3. The molecule has 1 N–H and O–H groups in total. The maximum absolute atomic E-state index is 14.3. The molecule has 4 rings (SSSR count). The van der Waals surface area contributed by atoms with Crippen LogP contribution in [0.15, 0.2) is 66.2 Å². The Morgan fingerprint density at radius 1 is 1.06 bits per heavy atom. The highest BCUT2D eigenvalue weighted by atomic mass is 35.5. The van der Waals surface area contributed by atoms with Gasteiger partial charge in [-0.1, -0.05) is 41.9 Å². The van der Waals surface area contributed by atoms with E-state index >= 15 is 0 Å². The Morgan fingerprint density at radius 2 is 1.74 bits per heavy atom. The van der Waals surface area contributed by atoms with Gasteiger partial charge in [0.1, 0.15) is 23.8 Å². The summed E-state index contributed by atoms with van der Waals surface area (Å²) in [4.78, 5) is 26.6. The van der Waals surface area contributed by atoms with Crippen molar-refractivity contribution in [3.63, 3.8) is 0 Å². The number of nitrogens with one attached hydrogen (secondary N) is 1. The fraction of sp³-hybridized carbons (Fsp3) is 0.0800. The number of carbonyl (C=O) groups excluding carboxylic acids is 2. The zero-order valence-corrected chi connectivity index (χ0v) is 19.8. The van der Waals surface area contributed by atoms with Crippen LogP contribution in [0.1, 0.15) is 11.1 Å². The molecule has 1 saturated heterocycles. The highest BCUT2D eigenvalue weighted by molar-refractivity contribution is 7.80. The fourth-order valence-corrected chi connectivity index (χ4v) is 3.95. The van der Waals surface area contributed by atoms with Crippen LogP contribution >= 0.6 is 23.8 Å². The Labute approximate surface area is 209 Å². The number of carbonyl (C=O) groups is 2. The second-order valence-corrected chi connectivity index (χ2v) is 8.12. The summed E-state index contributed by atoms with van der Waals surface area (Å²) in [6, 6.07) is 14.6. The number of anilines is 1. The Hall–Kier alpha value is -3.82. The Bertz CT molecular complexity index is 1380. The van der Waals surface area contributed by atoms with Gasteiger partial charge < -0.3 is 9.47 Å². The highest BCUT2D eigenvalue weighted by Gasteiger charge is 2.35. The second-order valence-electron chi connectivity index (χ2n) is 7.32. The number of halogens is 3. The summed E-state index contributed by atoms with van der Waals surface area (Å²) in [5.41, 5.74) is 0.274. The van der Waals surface area contributed by atoms with Crippen LogP contribution in [0.4, 0.5) is 14.5 Å². The van der Waals surface area contributed by atoms with E-state index in [-0.39, 0.29) is 39.5 Å². The molecule has 1 heterocycles. The molecule has 1 aliphatic rings. The predicted molar refractivity (Wildman–Crippen MR) is 131 cm³/mol. The number of benzene rings is 3. The lowest BCUT2D eigenvalue weighted by Crippen LogP contribution is -2.54. The molecule has 0 spiro atoms. The van der Waals surface area contributed by atoms with E-state index in [9.17, 15) is 18.4 Å². The highest BCUT2D eigenvalue weighted by Crippen LogP contribution is 2.38. The average Bonchev–Trinajstić information content (AvgIpc) is 2.83. The normalized spacial score (nSPS) is 14.8. The summed E-state index contributed by atoms with van der Waals surface area (Å²) in [6.45, 7) is -0.0981. The number of methoxy groups -OCH3 is 1. The van der Waals surface area contributed by atoms with Crippen molar-refractivity contribution in [2.45, 2.75) is 6.61 Å². The first-order valence-corrected chi connectivity index (χ1v) is 11.0. The molecular weight excluding hydrogens is 498 g/mol. The van der Waals surface area contributed by atoms with Gasteiger partial charge in [0.25, 0.3) is 11.8 Å². The van der Waals surface area contributed by atoms with E-state index < -0.39 is 23.4 Å². The van der Waals surface area contributed by atoms with Crippen LogP contribution in [-0.4, -0.2) is 24.0 Å². The molecule has 10 heteroatoms. The van der Waals surface area contributed by atoms with Crippen LogP contribution in [-0.2, 0) is 16.2 Å². The van der Waals surface area contributed by atoms with E-state index in [2.05, 4.69) is 5.32 Å². The first kappa shape index (κ1) is 24.3. The third-order valence-corrected chi connectivity index (χ3v) is 5.65. The molecule has 0 aliphatic carbocycles. The third-order valence-electron chi connectivity index (χ3n) is 5.09. The zero-order valence-electron chi connectivity index (χ0n) is 18.2. The molecule has 1 fully saturated rings. The van der Waals surface area contributed by atoms with Crippen LogP contribution in [0.2, 0.25) is 5.02 Å². The Balaban J connectivity index is 1.66. The van der Waals surface area contributed by atoms with E-state index in [4.69, 9.17) is 33.3 Å². The number of ether oxygens (including phenoxy) is 2. The maximum Gasteiger partial charge on any atom is 0.270 e. The smallest absolute Gasteiger partial charge is 0.270 e. The predicted octanol–water partition coefficient (Wildman–Crippen LogP) is 5.04. The number of nitrogens with zero attached hydrogens (tertiary/aromatic N) is 1. The second kappa shape index (κ2) is 10.2.